The molecule has 0 bridgehead atoms. The molecule has 1 aliphatic heterocycles. The standard InChI is InChI=1S/C31H27BrN2O2S/c1-4-34-30(35)29(37-31(34)33-27-17-20(2)9-10-21(27)3)18-26-25-8-6-5-7-23(25)13-16-28(26)36-19-22-11-14-24(32)15-12-22/h5-18H,4,19H2,1-3H3/b29-18+,33-31?. The first kappa shape index (κ1) is 25.3. The number of hydrogen-bond donors (Lipinski definition) is 0. The fraction of sp³-hybridized carbons (Fsp3) is 0.161. The largest absolute Gasteiger partial charge is 0.488 e. The van der Waals surface area contributed by atoms with Crippen LogP contribution < -0.4 is 4.74 Å². The number of nitrogens with zero attached hydrogens (tertiary/aromatic N) is 2. The van der Waals surface area contributed by atoms with Gasteiger partial charge >= 0.3 is 0 Å². The minimum atomic E-state index is -0.0386. The molecule has 4 aromatic rings. The molecule has 1 aliphatic rings. The maximum absolute atomic E-state index is 13.5. The van der Waals surface area contributed by atoms with Crippen LogP contribution >= 0.6 is 27.7 Å². The highest BCUT2D eigenvalue weighted by Gasteiger charge is 2.32. The van der Waals surface area contributed by atoms with Gasteiger partial charge in [-0.15, -0.1) is 0 Å². The molecule has 0 N–H and O–H groups in total. The summed E-state index contributed by atoms with van der Waals surface area (Å²) in [4.78, 5) is 20.7. The van der Waals surface area contributed by atoms with Gasteiger partial charge in [-0.05, 0) is 90.3 Å². The highest BCUT2D eigenvalue weighted by atomic mass is 79.9. The summed E-state index contributed by atoms with van der Waals surface area (Å²) in [6.07, 6.45) is 1.96. The van der Waals surface area contributed by atoms with Crippen LogP contribution in [0.15, 0.2) is 93.2 Å². The predicted molar refractivity (Wildman–Crippen MR) is 158 cm³/mol. The summed E-state index contributed by atoms with van der Waals surface area (Å²) in [6, 6.07) is 26.5. The molecule has 0 aromatic heterocycles. The van der Waals surface area contributed by atoms with Crippen molar-refractivity contribution in [2.24, 2.45) is 4.99 Å². The summed E-state index contributed by atoms with van der Waals surface area (Å²) in [6.45, 7) is 7.05. The molecule has 0 atom stereocenters. The average molecular weight is 572 g/mol. The lowest BCUT2D eigenvalue weighted by Gasteiger charge is -2.13. The summed E-state index contributed by atoms with van der Waals surface area (Å²) in [5.41, 5.74) is 5.08. The maximum Gasteiger partial charge on any atom is 0.266 e. The molecule has 0 aliphatic carbocycles. The van der Waals surface area contributed by atoms with Crippen molar-refractivity contribution in [1.29, 1.82) is 0 Å². The van der Waals surface area contributed by atoms with Gasteiger partial charge in [0.2, 0.25) is 0 Å². The molecule has 1 fully saturated rings. The Morgan fingerprint density at radius 2 is 1.78 bits per heavy atom. The van der Waals surface area contributed by atoms with Crippen molar-refractivity contribution in [1.82, 2.24) is 4.90 Å². The minimum Gasteiger partial charge on any atom is -0.488 e. The molecular weight excluding hydrogens is 544 g/mol. The van der Waals surface area contributed by atoms with Gasteiger partial charge in [-0.3, -0.25) is 9.69 Å². The van der Waals surface area contributed by atoms with E-state index in [1.54, 1.807) is 4.90 Å². The average Bonchev–Trinajstić information content (AvgIpc) is 3.20. The van der Waals surface area contributed by atoms with Crippen LogP contribution in [-0.2, 0) is 11.4 Å². The normalized spacial score (nSPS) is 15.8. The number of rotatable bonds is 6. The van der Waals surface area contributed by atoms with Crippen molar-refractivity contribution in [3.8, 4) is 5.75 Å². The Morgan fingerprint density at radius 1 is 1.00 bits per heavy atom. The number of amides is 1. The Morgan fingerprint density at radius 3 is 2.57 bits per heavy atom. The van der Waals surface area contributed by atoms with E-state index in [0.29, 0.717) is 23.2 Å². The fourth-order valence-electron chi connectivity index (χ4n) is 4.24. The Hall–Kier alpha value is -3.35. The van der Waals surface area contributed by atoms with Gasteiger partial charge in [0.25, 0.3) is 5.91 Å². The monoisotopic (exact) mass is 570 g/mol. The zero-order valence-corrected chi connectivity index (χ0v) is 23.4. The van der Waals surface area contributed by atoms with Crippen LogP contribution in [-0.4, -0.2) is 22.5 Å². The van der Waals surface area contributed by atoms with Crippen LogP contribution in [0, 0.1) is 13.8 Å². The van der Waals surface area contributed by atoms with E-state index < -0.39 is 0 Å². The lowest BCUT2D eigenvalue weighted by molar-refractivity contribution is -0.122. The number of halogens is 1. The van der Waals surface area contributed by atoms with Crippen LogP contribution in [0.25, 0.3) is 16.8 Å². The van der Waals surface area contributed by atoms with Crippen molar-refractivity contribution in [3.63, 3.8) is 0 Å². The number of thioether (sulfide) groups is 1. The maximum atomic E-state index is 13.5. The molecule has 1 amide bonds. The van der Waals surface area contributed by atoms with E-state index in [2.05, 4.69) is 59.3 Å². The van der Waals surface area contributed by atoms with Gasteiger partial charge in [-0.1, -0.05) is 70.5 Å². The van der Waals surface area contributed by atoms with E-state index in [0.717, 1.165) is 48.9 Å². The molecule has 1 saturated heterocycles. The number of ether oxygens (including phenoxy) is 1. The zero-order chi connectivity index (χ0) is 25.9. The second kappa shape index (κ2) is 11.0. The summed E-state index contributed by atoms with van der Waals surface area (Å²) < 4.78 is 7.33. The second-order valence-corrected chi connectivity index (χ2v) is 10.9. The SMILES string of the molecule is CCN1C(=O)/C(=C\c2c(OCc3ccc(Br)cc3)ccc3ccccc23)SC1=Nc1cc(C)ccc1C. The molecule has 186 valence electrons. The minimum absolute atomic E-state index is 0.0386. The number of fused-ring (bicyclic) bond motifs is 1. The summed E-state index contributed by atoms with van der Waals surface area (Å²) in [5.74, 6) is 0.703. The van der Waals surface area contributed by atoms with Crippen LogP contribution in [0.2, 0.25) is 0 Å². The molecule has 37 heavy (non-hydrogen) atoms. The molecular formula is C31H27BrN2O2S. The highest BCUT2D eigenvalue weighted by Crippen LogP contribution is 2.38. The lowest BCUT2D eigenvalue weighted by Crippen LogP contribution is -2.28. The van der Waals surface area contributed by atoms with Gasteiger partial charge in [-0.2, -0.15) is 0 Å². The van der Waals surface area contributed by atoms with E-state index in [1.165, 1.54) is 11.8 Å². The van der Waals surface area contributed by atoms with Crippen molar-refractivity contribution >= 4 is 61.3 Å². The number of carbonyl (C=O) groups excluding carboxylic acids is 1. The topological polar surface area (TPSA) is 41.9 Å². The second-order valence-electron chi connectivity index (χ2n) is 8.96. The Bertz CT molecular complexity index is 1540. The summed E-state index contributed by atoms with van der Waals surface area (Å²) in [5, 5.41) is 2.84. The lowest BCUT2D eigenvalue weighted by atomic mass is 10.0. The molecule has 0 unspecified atom stereocenters. The molecule has 5 rings (SSSR count). The van der Waals surface area contributed by atoms with Crippen LogP contribution in [0.1, 0.15) is 29.2 Å². The molecule has 4 nitrogen and oxygen atoms in total. The van der Waals surface area contributed by atoms with Gasteiger partial charge in [0.05, 0.1) is 10.6 Å². The van der Waals surface area contributed by atoms with Crippen LogP contribution in [0.5, 0.6) is 5.75 Å². The third-order valence-corrected chi connectivity index (χ3v) is 7.83. The van der Waals surface area contributed by atoms with Crippen LogP contribution in [0.4, 0.5) is 5.69 Å². The van der Waals surface area contributed by atoms with E-state index in [1.807, 2.05) is 62.4 Å². The quantitative estimate of drug-likeness (QED) is 0.218. The number of aliphatic imine (C=N–C) groups is 1. The number of carbonyl (C=O) groups is 1. The third-order valence-electron chi connectivity index (χ3n) is 6.30. The summed E-state index contributed by atoms with van der Waals surface area (Å²) >= 11 is 4.90. The van der Waals surface area contributed by atoms with Gasteiger partial charge in [0.15, 0.2) is 5.17 Å². The van der Waals surface area contributed by atoms with E-state index >= 15 is 0 Å². The summed E-state index contributed by atoms with van der Waals surface area (Å²) in [7, 11) is 0. The van der Waals surface area contributed by atoms with Crippen molar-refractivity contribution in [2.45, 2.75) is 27.4 Å². The number of aryl methyl sites for hydroxylation is 2. The van der Waals surface area contributed by atoms with Crippen molar-refractivity contribution < 1.29 is 9.53 Å². The third kappa shape index (κ3) is 5.50. The van der Waals surface area contributed by atoms with Crippen LogP contribution in [0.3, 0.4) is 0 Å². The van der Waals surface area contributed by atoms with Crippen molar-refractivity contribution in [3.05, 3.63) is 110 Å². The molecule has 1 heterocycles. The molecule has 0 saturated carbocycles. The first-order valence-corrected chi connectivity index (χ1v) is 13.8. The van der Waals surface area contributed by atoms with E-state index in [4.69, 9.17) is 9.73 Å². The Kier molecular flexibility index (Phi) is 7.49. The van der Waals surface area contributed by atoms with E-state index in [9.17, 15) is 4.79 Å². The van der Waals surface area contributed by atoms with Gasteiger partial charge in [-0.25, -0.2) is 4.99 Å². The molecule has 4 aromatic carbocycles. The smallest absolute Gasteiger partial charge is 0.266 e. The molecule has 0 spiro atoms. The first-order valence-electron chi connectivity index (χ1n) is 12.2. The van der Waals surface area contributed by atoms with Gasteiger partial charge in [0, 0.05) is 16.6 Å². The Balaban J connectivity index is 1.54. The molecule has 0 radical (unpaired) electrons. The number of likely N-dealkylation sites (N-methyl/N-ethyl adjacent to an activating group) is 1. The highest BCUT2D eigenvalue weighted by molar-refractivity contribution is 9.10. The Labute approximate surface area is 230 Å². The zero-order valence-electron chi connectivity index (χ0n) is 21.0. The number of benzene rings is 4. The molecule has 6 heteroatoms. The fourth-order valence-corrected chi connectivity index (χ4v) is 5.54. The number of amidine groups is 1. The van der Waals surface area contributed by atoms with Crippen molar-refractivity contribution in [2.75, 3.05) is 6.54 Å². The van der Waals surface area contributed by atoms with Gasteiger partial charge < -0.3 is 4.74 Å². The predicted octanol–water partition coefficient (Wildman–Crippen LogP) is 8.42. The first-order chi connectivity index (χ1) is 17.9. The number of hydrogen-bond acceptors (Lipinski definition) is 4. The van der Waals surface area contributed by atoms with E-state index in [-0.39, 0.29) is 5.91 Å². The van der Waals surface area contributed by atoms with Gasteiger partial charge in [0.1, 0.15) is 12.4 Å².